The lowest BCUT2D eigenvalue weighted by molar-refractivity contribution is -0.150. The van der Waals surface area contributed by atoms with E-state index in [4.69, 9.17) is 30.9 Å². The van der Waals surface area contributed by atoms with E-state index in [1.165, 1.54) is 7.11 Å². The van der Waals surface area contributed by atoms with Crippen LogP contribution < -0.4 is 9.47 Å². The summed E-state index contributed by atoms with van der Waals surface area (Å²) in [5.74, 6) is 0.126. The molecule has 1 N–H and O–H groups in total. The van der Waals surface area contributed by atoms with Crippen molar-refractivity contribution in [2.75, 3.05) is 13.7 Å². The Morgan fingerprint density at radius 3 is 2.68 bits per heavy atom. The second-order valence-electron chi connectivity index (χ2n) is 3.78. The number of esters is 1. The van der Waals surface area contributed by atoms with E-state index in [0.29, 0.717) is 11.3 Å². The van der Waals surface area contributed by atoms with Crippen LogP contribution >= 0.6 is 11.6 Å². The number of aliphatic hydroxyl groups excluding tert-OH is 1. The summed E-state index contributed by atoms with van der Waals surface area (Å²) in [4.78, 5) is 11.5. The van der Waals surface area contributed by atoms with Crippen LogP contribution in [-0.2, 0) is 16.1 Å². The van der Waals surface area contributed by atoms with E-state index >= 15 is 0 Å². The van der Waals surface area contributed by atoms with Crippen molar-refractivity contribution in [1.82, 2.24) is 0 Å². The molecule has 1 atom stereocenters. The molecule has 1 aromatic rings. The van der Waals surface area contributed by atoms with Crippen molar-refractivity contribution in [2.24, 2.45) is 0 Å². The van der Waals surface area contributed by atoms with Crippen LogP contribution in [0.15, 0.2) is 12.1 Å². The highest BCUT2D eigenvalue weighted by Gasteiger charge is 2.20. The molecule has 1 unspecified atom stereocenters. The molecule has 0 heterocycles. The molecule has 0 saturated heterocycles. The zero-order valence-electron chi connectivity index (χ0n) is 11.1. The number of rotatable bonds is 6. The Kier molecular flexibility index (Phi) is 5.92. The molecule has 5 nitrogen and oxygen atoms in total. The molecule has 0 aliphatic carbocycles. The second kappa shape index (κ2) is 7.21. The highest BCUT2D eigenvalue weighted by molar-refractivity contribution is 6.32. The van der Waals surface area contributed by atoms with Crippen molar-refractivity contribution in [1.29, 1.82) is 0 Å². The van der Waals surface area contributed by atoms with Crippen LogP contribution in [0.3, 0.4) is 0 Å². The summed E-state index contributed by atoms with van der Waals surface area (Å²) in [5.41, 5.74) is 0.595. The average Bonchev–Trinajstić information content (AvgIpc) is 2.40. The quantitative estimate of drug-likeness (QED) is 0.813. The van der Waals surface area contributed by atoms with Crippen LogP contribution in [0, 0.1) is 0 Å². The third-order valence-electron chi connectivity index (χ3n) is 2.38. The van der Waals surface area contributed by atoms with Crippen LogP contribution in [-0.4, -0.2) is 30.9 Å². The molecular formula is C13H17ClO5. The van der Waals surface area contributed by atoms with E-state index in [1.54, 1.807) is 26.0 Å². The highest BCUT2D eigenvalue weighted by atomic mass is 35.5. The predicted octanol–water partition coefficient (Wildman–Crippen LogP) is 2.17. The van der Waals surface area contributed by atoms with Crippen molar-refractivity contribution in [3.63, 3.8) is 0 Å². The first-order valence-corrected chi connectivity index (χ1v) is 6.21. The van der Waals surface area contributed by atoms with E-state index in [0.717, 1.165) is 0 Å². The first-order chi connectivity index (χ1) is 9.03. The maximum absolute atomic E-state index is 11.5. The topological polar surface area (TPSA) is 65.0 Å². The SMILES string of the molecule is CCOC(=O)C(C)Oc1c(Cl)cc(CO)cc1OC. The molecule has 0 spiro atoms. The number of carbonyl (C=O) groups is 1. The van der Waals surface area contributed by atoms with Gasteiger partial charge in [0.05, 0.1) is 25.3 Å². The number of aliphatic hydroxyl groups is 1. The Bertz CT molecular complexity index is 447. The second-order valence-corrected chi connectivity index (χ2v) is 4.19. The van der Waals surface area contributed by atoms with Gasteiger partial charge in [0, 0.05) is 0 Å². The number of methoxy groups -OCH3 is 1. The number of halogens is 1. The van der Waals surface area contributed by atoms with Crippen LogP contribution in [0.5, 0.6) is 11.5 Å². The van der Waals surface area contributed by atoms with Gasteiger partial charge in [-0.3, -0.25) is 0 Å². The van der Waals surface area contributed by atoms with Gasteiger partial charge in [0.25, 0.3) is 0 Å². The van der Waals surface area contributed by atoms with Crippen molar-refractivity contribution < 1.29 is 24.1 Å². The monoisotopic (exact) mass is 288 g/mol. The minimum Gasteiger partial charge on any atom is -0.493 e. The van der Waals surface area contributed by atoms with Gasteiger partial charge < -0.3 is 19.3 Å². The number of benzene rings is 1. The number of hydrogen-bond donors (Lipinski definition) is 1. The molecular weight excluding hydrogens is 272 g/mol. The summed E-state index contributed by atoms with van der Waals surface area (Å²) < 4.78 is 15.5. The van der Waals surface area contributed by atoms with Gasteiger partial charge in [-0.25, -0.2) is 4.79 Å². The third kappa shape index (κ3) is 4.01. The molecule has 0 amide bonds. The summed E-state index contributed by atoms with van der Waals surface area (Å²) in [6.07, 6.45) is -0.800. The number of carbonyl (C=O) groups excluding carboxylic acids is 1. The van der Waals surface area contributed by atoms with Gasteiger partial charge in [-0.15, -0.1) is 0 Å². The van der Waals surface area contributed by atoms with E-state index in [-0.39, 0.29) is 24.0 Å². The Balaban J connectivity index is 2.97. The normalized spacial score (nSPS) is 11.8. The molecule has 0 saturated carbocycles. The zero-order chi connectivity index (χ0) is 14.4. The van der Waals surface area contributed by atoms with Crippen LogP contribution in [0.4, 0.5) is 0 Å². The minimum atomic E-state index is -0.800. The highest BCUT2D eigenvalue weighted by Crippen LogP contribution is 2.37. The van der Waals surface area contributed by atoms with E-state index in [2.05, 4.69) is 0 Å². The Labute approximate surface area is 117 Å². The van der Waals surface area contributed by atoms with Crippen molar-refractivity contribution in [2.45, 2.75) is 26.6 Å². The van der Waals surface area contributed by atoms with Gasteiger partial charge in [-0.2, -0.15) is 0 Å². The Hall–Kier alpha value is -1.46. The molecule has 0 aliphatic heterocycles. The minimum absolute atomic E-state index is 0.163. The summed E-state index contributed by atoms with van der Waals surface area (Å²) >= 11 is 6.05. The van der Waals surface area contributed by atoms with Crippen LogP contribution in [0.1, 0.15) is 19.4 Å². The van der Waals surface area contributed by atoms with Gasteiger partial charge >= 0.3 is 5.97 Å². The summed E-state index contributed by atoms with van der Waals surface area (Å²) in [7, 11) is 1.45. The predicted molar refractivity (Wildman–Crippen MR) is 70.6 cm³/mol. The molecule has 0 aliphatic rings. The fourth-order valence-corrected chi connectivity index (χ4v) is 1.74. The lowest BCUT2D eigenvalue weighted by atomic mass is 10.2. The smallest absolute Gasteiger partial charge is 0.347 e. The van der Waals surface area contributed by atoms with Crippen molar-refractivity contribution in [3.8, 4) is 11.5 Å². The van der Waals surface area contributed by atoms with Gasteiger partial charge in [-0.05, 0) is 31.5 Å². The van der Waals surface area contributed by atoms with Crippen molar-refractivity contribution in [3.05, 3.63) is 22.7 Å². The maximum Gasteiger partial charge on any atom is 0.347 e. The fraction of sp³-hybridized carbons (Fsp3) is 0.462. The van der Waals surface area contributed by atoms with Crippen molar-refractivity contribution >= 4 is 17.6 Å². The summed E-state index contributed by atoms with van der Waals surface area (Å²) in [5, 5.41) is 9.35. The van der Waals surface area contributed by atoms with Gasteiger partial charge in [0.2, 0.25) is 0 Å². The summed E-state index contributed by atoms with van der Waals surface area (Å²) in [6.45, 7) is 3.40. The molecule has 106 valence electrons. The Morgan fingerprint density at radius 2 is 2.16 bits per heavy atom. The Morgan fingerprint density at radius 1 is 1.47 bits per heavy atom. The molecule has 0 radical (unpaired) electrons. The molecule has 0 bridgehead atoms. The molecule has 1 rings (SSSR count). The summed E-state index contributed by atoms with van der Waals surface area (Å²) in [6, 6.07) is 3.15. The van der Waals surface area contributed by atoms with E-state index in [1.807, 2.05) is 0 Å². The van der Waals surface area contributed by atoms with Gasteiger partial charge in [0.1, 0.15) is 0 Å². The largest absolute Gasteiger partial charge is 0.493 e. The zero-order valence-corrected chi connectivity index (χ0v) is 11.9. The molecule has 6 heteroatoms. The molecule has 0 aromatic heterocycles. The number of hydrogen-bond acceptors (Lipinski definition) is 5. The van der Waals surface area contributed by atoms with Gasteiger partial charge in [-0.1, -0.05) is 11.6 Å². The average molecular weight is 289 g/mol. The molecule has 0 fully saturated rings. The van der Waals surface area contributed by atoms with Crippen LogP contribution in [0.2, 0.25) is 5.02 Å². The third-order valence-corrected chi connectivity index (χ3v) is 2.67. The molecule has 19 heavy (non-hydrogen) atoms. The molecule has 1 aromatic carbocycles. The van der Waals surface area contributed by atoms with E-state index in [9.17, 15) is 4.79 Å². The van der Waals surface area contributed by atoms with Gasteiger partial charge in [0.15, 0.2) is 17.6 Å². The lowest BCUT2D eigenvalue weighted by Crippen LogP contribution is -2.26. The maximum atomic E-state index is 11.5. The fourth-order valence-electron chi connectivity index (χ4n) is 1.46. The van der Waals surface area contributed by atoms with Crippen LogP contribution in [0.25, 0.3) is 0 Å². The standard InChI is InChI=1S/C13H17ClO5/c1-4-18-13(16)8(2)19-12-10(14)5-9(7-15)6-11(12)17-3/h5-6,8,15H,4,7H2,1-3H3. The first kappa shape index (κ1) is 15.6. The number of ether oxygens (including phenoxy) is 3. The van der Waals surface area contributed by atoms with E-state index < -0.39 is 12.1 Å². The lowest BCUT2D eigenvalue weighted by Gasteiger charge is -2.17. The first-order valence-electron chi connectivity index (χ1n) is 5.84.